The number of nitrogens with one attached hydrogen (secondary N) is 1. The van der Waals surface area contributed by atoms with E-state index < -0.39 is 0 Å². The summed E-state index contributed by atoms with van der Waals surface area (Å²) in [6.45, 7) is 3.02. The second-order valence-corrected chi connectivity index (χ2v) is 6.27. The van der Waals surface area contributed by atoms with Gasteiger partial charge in [0.25, 0.3) is 0 Å². The molecule has 1 atom stereocenters. The van der Waals surface area contributed by atoms with Gasteiger partial charge in [0.2, 0.25) is 5.88 Å². The van der Waals surface area contributed by atoms with Crippen molar-refractivity contribution in [1.82, 2.24) is 15.3 Å². The lowest BCUT2D eigenvalue weighted by molar-refractivity contribution is 0.382. The molecule has 1 unspecified atom stereocenters. The van der Waals surface area contributed by atoms with Gasteiger partial charge in [0.1, 0.15) is 5.69 Å². The van der Waals surface area contributed by atoms with E-state index in [0.29, 0.717) is 5.88 Å². The Morgan fingerprint density at radius 3 is 2.67 bits per heavy atom. The number of methoxy groups -OCH3 is 1. The second-order valence-electron chi connectivity index (χ2n) is 4.50. The Morgan fingerprint density at radius 1 is 1.24 bits per heavy atom. The highest BCUT2D eigenvalue weighted by atomic mass is 79.9. The number of benzene rings is 1. The van der Waals surface area contributed by atoms with Crippen LogP contribution >= 0.6 is 31.9 Å². The molecule has 0 radical (unpaired) electrons. The van der Waals surface area contributed by atoms with Crippen LogP contribution in [0.3, 0.4) is 0 Å². The van der Waals surface area contributed by atoms with E-state index >= 15 is 0 Å². The Labute approximate surface area is 141 Å². The average Bonchev–Trinajstić information content (AvgIpc) is 2.49. The summed E-state index contributed by atoms with van der Waals surface area (Å²) in [4.78, 5) is 8.71. The second kappa shape index (κ2) is 7.87. The van der Waals surface area contributed by atoms with Gasteiger partial charge in [-0.05, 0) is 30.7 Å². The van der Waals surface area contributed by atoms with Gasteiger partial charge in [0, 0.05) is 21.3 Å². The van der Waals surface area contributed by atoms with Crippen molar-refractivity contribution in [2.75, 3.05) is 13.7 Å². The number of nitrogens with zero attached hydrogens (tertiary/aromatic N) is 2. The Kier molecular flexibility index (Phi) is 6.14. The van der Waals surface area contributed by atoms with Crippen LogP contribution in [0.1, 0.15) is 30.6 Å². The van der Waals surface area contributed by atoms with Gasteiger partial charge in [0.05, 0.1) is 13.2 Å². The lowest BCUT2D eigenvalue weighted by atomic mass is 10.0. The highest BCUT2D eigenvalue weighted by Gasteiger charge is 2.22. The largest absolute Gasteiger partial charge is 0.480 e. The van der Waals surface area contributed by atoms with E-state index in [9.17, 15) is 0 Å². The highest BCUT2D eigenvalue weighted by molar-refractivity contribution is 9.11. The van der Waals surface area contributed by atoms with Crippen LogP contribution in [0.2, 0.25) is 0 Å². The molecule has 112 valence electrons. The van der Waals surface area contributed by atoms with Crippen LogP contribution in [0, 0.1) is 0 Å². The maximum atomic E-state index is 5.35. The number of aromatic nitrogens is 2. The third-order valence-electron chi connectivity index (χ3n) is 3.03. The Hall–Kier alpha value is -0.980. The zero-order chi connectivity index (χ0) is 15.2. The summed E-state index contributed by atoms with van der Waals surface area (Å²) in [5.74, 6) is 0.543. The molecule has 0 aliphatic rings. The van der Waals surface area contributed by atoms with E-state index in [1.54, 1.807) is 19.5 Å². The van der Waals surface area contributed by atoms with Gasteiger partial charge in [-0.3, -0.25) is 4.98 Å². The predicted octanol–water partition coefficient (Wildman–Crippen LogP) is 4.10. The first kappa shape index (κ1) is 16.4. The third kappa shape index (κ3) is 4.02. The van der Waals surface area contributed by atoms with Gasteiger partial charge in [-0.15, -0.1) is 0 Å². The van der Waals surface area contributed by atoms with Crippen LogP contribution in [0.25, 0.3) is 0 Å². The minimum atomic E-state index is -0.0731. The maximum absolute atomic E-state index is 5.35. The quantitative estimate of drug-likeness (QED) is 0.772. The van der Waals surface area contributed by atoms with Crippen molar-refractivity contribution in [2.24, 2.45) is 0 Å². The summed E-state index contributed by atoms with van der Waals surface area (Å²) in [5.41, 5.74) is 1.89. The number of halogens is 2. The Balaban J connectivity index is 2.47. The first-order chi connectivity index (χ1) is 10.2. The van der Waals surface area contributed by atoms with E-state index in [1.807, 2.05) is 12.1 Å². The molecule has 2 rings (SSSR count). The summed E-state index contributed by atoms with van der Waals surface area (Å²) in [5, 5.41) is 3.51. The third-order valence-corrected chi connectivity index (χ3v) is 4.21. The standard InChI is InChI=1S/C15H17Br2N3O/c1-3-6-18-13(11-5-4-10(16)9-12(11)17)14-15(21-2)20-8-7-19-14/h4-5,7-9,13,18H,3,6H2,1-2H3. The van der Waals surface area contributed by atoms with Crippen LogP contribution in [0.4, 0.5) is 0 Å². The lowest BCUT2D eigenvalue weighted by Gasteiger charge is -2.21. The van der Waals surface area contributed by atoms with E-state index in [0.717, 1.165) is 33.2 Å². The van der Waals surface area contributed by atoms with Crippen molar-refractivity contribution in [2.45, 2.75) is 19.4 Å². The molecule has 0 aliphatic heterocycles. The molecule has 1 heterocycles. The molecule has 2 aromatic rings. The predicted molar refractivity (Wildman–Crippen MR) is 90.6 cm³/mol. The fourth-order valence-corrected chi connectivity index (χ4v) is 3.35. The van der Waals surface area contributed by atoms with Gasteiger partial charge in [-0.1, -0.05) is 44.8 Å². The first-order valence-corrected chi connectivity index (χ1v) is 8.29. The molecule has 1 aromatic heterocycles. The van der Waals surface area contributed by atoms with E-state index in [2.05, 4.69) is 60.1 Å². The molecule has 1 aromatic carbocycles. The molecule has 0 aliphatic carbocycles. The topological polar surface area (TPSA) is 47.0 Å². The number of hydrogen-bond donors (Lipinski definition) is 1. The molecule has 0 fully saturated rings. The fraction of sp³-hybridized carbons (Fsp3) is 0.333. The molecule has 4 nitrogen and oxygen atoms in total. The van der Waals surface area contributed by atoms with Crippen LogP contribution in [-0.4, -0.2) is 23.6 Å². The number of ether oxygens (including phenoxy) is 1. The SMILES string of the molecule is CCCNC(c1ccc(Br)cc1Br)c1nccnc1OC. The van der Waals surface area contributed by atoms with E-state index in [1.165, 1.54) is 0 Å². The molecular formula is C15H17Br2N3O. The average molecular weight is 415 g/mol. The molecule has 6 heteroatoms. The molecule has 0 amide bonds. The zero-order valence-electron chi connectivity index (χ0n) is 11.9. The fourth-order valence-electron chi connectivity index (χ4n) is 2.07. The Morgan fingerprint density at radius 2 is 2.00 bits per heavy atom. The van der Waals surface area contributed by atoms with Crippen LogP contribution in [-0.2, 0) is 0 Å². The molecular weight excluding hydrogens is 398 g/mol. The molecule has 21 heavy (non-hydrogen) atoms. The van der Waals surface area contributed by atoms with Gasteiger partial charge < -0.3 is 10.1 Å². The van der Waals surface area contributed by atoms with Gasteiger partial charge in [-0.2, -0.15) is 0 Å². The maximum Gasteiger partial charge on any atom is 0.237 e. The molecule has 0 saturated heterocycles. The van der Waals surface area contributed by atoms with Crippen LogP contribution < -0.4 is 10.1 Å². The van der Waals surface area contributed by atoms with Crippen molar-refractivity contribution < 1.29 is 4.74 Å². The molecule has 0 spiro atoms. The molecule has 0 saturated carbocycles. The monoisotopic (exact) mass is 413 g/mol. The summed E-state index contributed by atoms with van der Waals surface area (Å²) in [6, 6.07) is 6.04. The minimum absolute atomic E-state index is 0.0731. The summed E-state index contributed by atoms with van der Waals surface area (Å²) in [6.07, 6.45) is 4.36. The van der Waals surface area contributed by atoms with E-state index in [4.69, 9.17) is 4.74 Å². The Bertz CT molecular complexity index is 607. The van der Waals surface area contributed by atoms with Crippen molar-refractivity contribution in [3.05, 3.63) is 50.8 Å². The molecule has 1 N–H and O–H groups in total. The van der Waals surface area contributed by atoms with Gasteiger partial charge in [-0.25, -0.2) is 4.98 Å². The zero-order valence-corrected chi connectivity index (χ0v) is 15.1. The van der Waals surface area contributed by atoms with Crippen LogP contribution in [0.15, 0.2) is 39.5 Å². The summed E-state index contributed by atoms with van der Waals surface area (Å²) < 4.78 is 7.39. The number of rotatable bonds is 6. The van der Waals surface area contributed by atoms with Crippen molar-refractivity contribution in [1.29, 1.82) is 0 Å². The van der Waals surface area contributed by atoms with Crippen LogP contribution in [0.5, 0.6) is 5.88 Å². The van der Waals surface area contributed by atoms with Crippen molar-refractivity contribution in [3.63, 3.8) is 0 Å². The minimum Gasteiger partial charge on any atom is -0.480 e. The van der Waals surface area contributed by atoms with Crippen molar-refractivity contribution >= 4 is 31.9 Å². The lowest BCUT2D eigenvalue weighted by Crippen LogP contribution is -2.25. The van der Waals surface area contributed by atoms with Gasteiger partial charge >= 0.3 is 0 Å². The normalized spacial score (nSPS) is 12.2. The van der Waals surface area contributed by atoms with E-state index in [-0.39, 0.29) is 6.04 Å². The van der Waals surface area contributed by atoms with Gasteiger partial charge in [0.15, 0.2) is 0 Å². The smallest absolute Gasteiger partial charge is 0.237 e. The van der Waals surface area contributed by atoms with Crippen molar-refractivity contribution in [3.8, 4) is 5.88 Å². The highest BCUT2D eigenvalue weighted by Crippen LogP contribution is 2.32. The summed E-state index contributed by atoms with van der Waals surface area (Å²) in [7, 11) is 1.61. The molecule has 0 bridgehead atoms. The first-order valence-electron chi connectivity index (χ1n) is 6.70. The summed E-state index contributed by atoms with van der Waals surface area (Å²) >= 11 is 7.10. The number of hydrogen-bond acceptors (Lipinski definition) is 4.